The molecule has 1 aromatic heterocycles. The molecule has 0 spiro atoms. The van der Waals surface area contributed by atoms with Crippen LogP contribution in [0.4, 0.5) is 0 Å². The Morgan fingerprint density at radius 3 is 2.54 bits per heavy atom. The van der Waals surface area contributed by atoms with Crippen LogP contribution in [0, 0.1) is 0 Å². The van der Waals surface area contributed by atoms with Gasteiger partial charge in [-0.3, -0.25) is 0 Å². The van der Waals surface area contributed by atoms with E-state index in [4.69, 9.17) is 34.8 Å². The van der Waals surface area contributed by atoms with E-state index < -0.39 is 0 Å². The first kappa shape index (κ1) is 21.3. The molecule has 2 aromatic carbocycles. The number of rotatable bonds is 9. The fourth-order valence-corrected chi connectivity index (χ4v) is 4.52. The van der Waals surface area contributed by atoms with Crippen LogP contribution in [0.5, 0.6) is 0 Å². The molecule has 0 saturated heterocycles. The number of hydrogen-bond acceptors (Lipinski definition) is 2. The zero-order valence-corrected chi connectivity index (χ0v) is 18.4. The standard InChI is InChI=1S/C22H21Cl3N2S/c23-19-7-3-17(4-8-19)2-1-13-28-21(15-27-12-11-26-16-27)10-6-18-5-9-20(24)14-22(18)25/h1-5,7-9,11-12,14,16,21H,6,10,13,15H2/b2-1+. The fourth-order valence-electron chi connectivity index (χ4n) is 2.85. The molecule has 0 saturated carbocycles. The Morgan fingerprint density at radius 2 is 1.82 bits per heavy atom. The molecule has 1 heterocycles. The zero-order valence-electron chi connectivity index (χ0n) is 15.3. The van der Waals surface area contributed by atoms with E-state index in [1.54, 1.807) is 0 Å². The third kappa shape index (κ3) is 6.89. The summed E-state index contributed by atoms with van der Waals surface area (Å²) in [6.07, 6.45) is 12.0. The molecule has 3 rings (SSSR count). The van der Waals surface area contributed by atoms with Crippen LogP contribution < -0.4 is 0 Å². The lowest BCUT2D eigenvalue weighted by molar-refractivity contribution is 0.624. The van der Waals surface area contributed by atoms with E-state index in [-0.39, 0.29) is 0 Å². The summed E-state index contributed by atoms with van der Waals surface area (Å²) in [6.45, 7) is 0.921. The summed E-state index contributed by atoms with van der Waals surface area (Å²) >= 11 is 20.2. The lowest BCUT2D eigenvalue weighted by Gasteiger charge is -2.17. The van der Waals surface area contributed by atoms with Crippen molar-refractivity contribution < 1.29 is 0 Å². The molecule has 0 fully saturated rings. The molecule has 1 unspecified atom stereocenters. The highest BCUT2D eigenvalue weighted by molar-refractivity contribution is 8.00. The Kier molecular flexibility index (Phi) is 8.35. The number of benzene rings is 2. The predicted molar refractivity (Wildman–Crippen MR) is 124 cm³/mol. The van der Waals surface area contributed by atoms with Crippen LogP contribution in [-0.2, 0) is 13.0 Å². The maximum Gasteiger partial charge on any atom is 0.0946 e. The average molecular weight is 452 g/mol. The number of hydrogen-bond donors (Lipinski definition) is 0. The molecule has 0 N–H and O–H groups in total. The number of thioether (sulfide) groups is 1. The van der Waals surface area contributed by atoms with Crippen molar-refractivity contribution in [3.05, 3.63) is 93.5 Å². The first-order valence-corrected chi connectivity index (χ1v) is 11.2. The molecule has 2 nitrogen and oxygen atoms in total. The van der Waals surface area contributed by atoms with E-state index in [0.717, 1.165) is 46.3 Å². The third-order valence-corrected chi connectivity index (χ3v) is 6.41. The molecule has 1 atom stereocenters. The summed E-state index contributed by atoms with van der Waals surface area (Å²) in [5.41, 5.74) is 2.29. The summed E-state index contributed by atoms with van der Waals surface area (Å²) in [7, 11) is 0. The van der Waals surface area contributed by atoms with E-state index >= 15 is 0 Å². The first-order valence-electron chi connectivity index (χ1n) is 9.03. The van der Waals surface area contributed by atoms with Gasteiger partial charge in [0.05, 0.1) is 6.33 Å². The monoisotopic (exact) mass is 450 g/mol. The van der Waals surface area contributed by atoms with E-state index in [1.807, 2.05) is 72.9 Å². The summed E-state index contributed by atoms with van der Waals surface area (Å²) in [6, 6.07) is 13.6. The van der Waals surface area contributed by atoms with E-state index in [2.05, 4.69) is 21.7 Å². The molecule has 0 radical (unpaired) electrons. The van der Waals surface area contributed by atoms with Crippen LogP contribution in [0.25, 0.3) is 6.08 Å². The minimum atomic E-state index is 0.454. The summed E-state index contributed by atoms with van der Waals surface area (Å²) < 4.78 is 2.13. The summed E-state index contributed by atoms with van der Waals surface area (Å²) in [5.74, 6) is 0.941. The van der Waals surface area contributed by atoms with Crippen molar-refractivity contribution in [1.29, 1.82) is 0 Å². The topological polar surface area (TPSA) is 17.8 Å². The highest BCUT2D eigenvalue weighted by atomic mass is 35.5. The molecule has 0 aliphatic carbocycles. The average Bonchev–Trinajstić information content (AvgIpc) is 3.18. The molecule has 6 heteroatoms. The lowest BCUT2D eigenvalue weighted by Crippen LogP contribution is -2.13. The zero-order chi connectivity index (χ0) is 19.8. The van der Waals surface area contributed by atoms with Gasteiger partial charge in [-0.15, -0.1) is 0 Å². The quantitative estimate of drug-likeness (QED) is 0.340. The van der Waals surface area contributed by atoms with Gasteiger partial charge in [0, 0.05) is 45.0 Å². The molecule has 0 aliphatic rings. The number of halogens is 3. The lowest BCUT2D eigenvalue weighted by atomic mass is 10.1. The molecule has 0 amide bonds. The van der Waals surface area contributed by atoms with Crippen molar-refractivity contribution in [2.45, 2.75) is 24.6 Å². The van der Waals surface area contributed by atoms with Gasteiger partial charge >= 0.3 is 0 Å². The van der Waals surface area contributed by atoms with Crippen LogP contribution in [0.3, 0.4) is 0 Å². The molecule has 28 heavy (non-hydrogen) atoms. The van der Waals surface area contributed by atoms with Gasteiger partial charge in [-0.2, -0.15) is 11.8 Å². The van der Waals surface area contributed by atoms with Crippen LogP contribution in [0.1, 0.15) is 17.5 Å². The second kappa shape index (κ2) is 11.0. The van der Waals surface area contributed by atoms with E-state index in [0.29, 0.717) is 10.3 Å². The number of aryl methyl sites for hydroxylation is 1. The van der Waals surface area contributed by atoms with Crippen molar-refractivity contribution in [2.24, 2.45) is 0 Å². The van der Waals surface area contributed by atoms with Gasteiger partial charge in [0.1, 0.15) is 0 Å². The van der Waals surface area contributed by atoms with Crippen molar-refractivity contribution in [3.63, 3.8) is 0 Å². The van der Waals surface area contributed by atoms with Crippen LogP contribution >= 0.6 is 46.6 Å². The van der Waals surface area contributed by atoms with Crippen LogP contribution in [-0.4, -0.2) is 20.6 Å². The maximum absolute atomic E-state index is 6.33. The highest BCUT2D eigenvalue weighted by Gasteiger charge is 2.11. The van der Waals surface area contributed by atoms with Crippen molar-refractivity contribution >= 4 is 52.6 Å². The first-order chi connectivity index (χ1) is 13.6. The van der Waals surface area contributed by atoms with Gasteiger partial charge in [0.25, 0.3) is 0 Å². The maximum atomic E-state index is 6.33. The third-order valence-electron chi connectivity index (χ3n) is 4.33. The molecule has 0 aliphatic heterocycles. The second-order valence-electron chi connectivity index (χ2n) is 6.44. The molecule has 3 aromatic rings. The summed E-state index contributed by atoms with van der Waals surface area (Å²) in [5, 5.41) is 2.62. The van der Waals surface area contributed by atoms with Gasteiger partial charge in [0.2, 0.25) is 0 Å². The van der Waals surface area contributed by atoms with Crippen molar-refractivity contribution in [1.82, 2.24) is 9.55 Å². The van der Waals surface area contributed by atoms with Crippen LogP contribution in [0.15, 0.2) is 67.3 Å². The Hall–Kier alpha value is -1.39. The Bertz CT molecular complexity index is 893. The van der Waals surface area contributed by atoms with Crippen molar-refractivity contribution in [3.8, 4) is 0 Å². The SMILES string of the molecule is Clc1ccc(/C=C/CSC(CCc2ccc(Cl)cc2Cl)Cn2ccnc2)cc1. The Labute approximate surface area is 185 Å². The minimum Gasteiger partial charge on any atom is -0.336 e. The normalized spacial score (nSPS) is 12.5. The predicted octanol–water partition coefficient (Wildman–Crippen LogP) is 7.29. The Morgan fingerprint density at radius 1 is 1.04 bits per heavy atom. The number of imidazole rings is 1. The molecular weight excluding hydrogens is 431 g/mol. The van der Waals surface area contributed by atoms with Gasteiger partial charge in [-0.05, 0) is 48.2 Å². The molecule has 0 bridgehead atoms. The number of aromatic nitrogens is 2. The van der Waals surface area contributed by atoms with Crippen LogP contribution in [0.2, 0.25) is 15.1 Å². The van der Waals surface area contributed by atoms with Crippen molar-refractivity contribution in [2.75, 3.05) is 5.75 Å². The van der Waals surface area contributed by atoms with E-state index in [1.165, 1.54) is 0 Å². The second-order valence-corrected chi connectivity index (χ2v) is 9.06. The van der Waals surface area contributed by atoms with E-state index in [9.17, 15) is 0 Å². The largest absolute Gasteiger partial charge is 0.336 e. The van der Waals surface area contributed by atoms with Gasteiger partial charge in [-0.1, -0.05) is 65.2 Å². The van der Waals surface area contributed by atoms with Gasteiger partial charge in [-0.25, -0.2) is 4.98 Å². The fraction of sp³-hybridized carbons (Fsp3) is 0.227. The smallest absolute Gasteiger partial charge is 0.0946 e. The van der Waals surface area contributed by atoms with Gasteiger partial charge in [0.15, 0.2) is 0 Å². The molecule has 146 valence electrons. The number of nitrogens with zero attached hydrogens (tertiary/aromatic N) is 2. The highest BCUT2D eigenvalue weighted by Crippen LogP contribution is 2.25. The minimum absolute atomic E-state index is 0.454. The molecular formula is C22H21Cl3N2S. The van der Waals surface area contributed by atoms with Gasteiger partial charge < -0.3 is 4.57 Å². The Balaban J connectivity index is 1.57. The summed E-state index contributed by atoms with van der Waals surface area (Å²) in [4.78, 5) is 4.15.